The quantitative estimate of drug-likeness (QED) is 0.669. The molecule has 1 N–H and O–H groups in total. The Morgan fingerprint density at radius 1 is 1.10 bits per heavy atom. The van der Waals surface area contributed by atoms with Crippen LogP contribution in [0.5, 0.6) is 0 Å². The van der Waals surface area contributed by atoms with E-state index in [9.17, 15) is 4.79 Å². The Bertz CT molecular complexity index is 1100. The zero-order valence-corrected chi connectivity index (χ0v) is 17.5. The lowest BCUT2D eigenvalue weighted by atomic mass is 10.1. The molecule has 0 bridgehead atoms. The zero-order valence-electron chi connectivity index (χ0n) is 17.5. The Hall–Kier alpha value is -2.94. The molecule has 0 amide bonds. The van der Waals surface area contributed by atoms with E-state index in [4.69, 9.17) is 0 Å². The fourth-order valence-corrected chi connectivity index (χ4v) is 3.97. The normalized spacial score (nSPS) is 15.1. The number of likely N-dealkylation sites (tertiary alicyclic amines) is 1. The maximum atomic E-state index is 12.4. The van der Waals surface area contributed by atoms with Gasteiger partial charge in [-0.15, -0.1) is 0 Å². The van der Waals surface area contributed by atoms with Gasteiger partial charge in [-0.05, 0) is 62.7 Å². The zero-order chi connectivity index (χ0) is 20.8. The summed E-state index contributed by atoms with van der Waals surface area (Å²) in [6.45, 7) is 6.43. The van der Waals surface area contributed by atoms with E-state index in [1.807, 2.05) is 54.0 Å². The van der Waals surface area contributed by atoms with Crippen molar-refractivity contribution < 1.29 is 0 Å². The summed E-state index contributed by atoms with van der Waals surface area (Å²) < 4.78 is 1.86. The van der Waals surface area contributed by atoms with Crippen LogP contribution in [0, 0.1) is 18.8 Å². The number of aryl methyl sites for hydroxylation is 1. The second kappa shape index (κ2) is 9.71. The van der Waals surface area contributed by atoms with Crippen LogP contribution < -0.4 is 10.9 Å². The number of nitrogens with one attached hydrogen (secondary N) is 1. The van der Waals surface area contributed by atoms with Gasteiger partial charge in [-0.1, -0.05) is 36.1 Å². The van der Waals surface area contributed by atoms with Gasteiger partial charge in [-0.2, -0.15) is 0 Å². The first-order valence-electron chi connectivity index (χ1n) is 10.6. The summed E-state index contributed by atoms with van der Waals surface area (Å²) in [4.78, 5) is 19.1. The number of piperidine rings is 1. The molecule has 1 aromatic heterocycles. The van der Waals surface area contributed by atoms with Gasteiger partial charge in [0.25, 0.3) is 5.56 Å². The second-order valence-electron chi connectivity index (χ2n) is 7.90. The number of aromatic nitrogens is 2. The fourth-order valence-electron chi connectivity index (χ4n) is 3.97. The minimum atomic E-state index is -0.0263. The van der Waals surface area contributed by atoms with E-state index < -0.39 is 0 Å². The number of benzene rings is 2. The second-order valence-corrected chi connectivity index (χ2v) is 7.90. The summed E-state index contributed by atoms with van der Waals surface area (Å²) in [6.07, 6.45) is 3.65. The maximum absolute atomic E-state index is 12.4. The third-order valence-corrected chi connectivity index (χ3v) is 5.71. The molecule has 1 saturated heterocycles. The summed E-state index contributed by atoms with van der Waals surface area (Å²) in [5, 5.41) is 3.56. The number of hydrogen-bond donors (Lipinski definition) is 1. The number of rotatable bonds is 5. The Morgan fingerprint density at radius 2 is 1.90 bits per heavy atom. The molecule has 5 heteroatoms. The molecule has 0 spiro atoms. The minimum absolute atomic E-state index is 0.0263. The van der Waals surface area contributed by atoms with Gasteiger partial charge in [-0.3, -0.25) is 4.79 Å². The van der Waals surface area contributed by atoms with Crippen molar-refractivity contribution in [2.24, 2.45) is 0 Å². The van der Waals surface area contributed by atoms with E-state index in [1.165, 1.54) is 6.20 Å². The highest BCUT2D eigenvalue weighted by Gasteiger charge is 2.18. The van der Waals surface area contributed by atoms with Gasteiger partial charge in [0.2, 0.25) is 0 Å². The largest absolute Gasteiger partial charge is 0.304 e. The van der Waals surface area contributed by atoms with Crippen molar-refractivity contribution in [3.8, 4) is 11.8 Å². The van der Waals surface area contributed by atoms with Gasteiger partial charge in [0, 0.05) is 24.7 Å². The Labute approximate surface area is 177 Å². The lowest BCUT2D eigenvalue weighted by molar-refractivity contribution is 0.194. The molecular weight excluding hydrogens is 372 g/mol. The molecular formula is C25H28N4O. The predicted molar refractivity (Wildman–Crippen MR) is 122 cm³/mol. The highest BCUT2D eigenvalue weighted by molar-refractivity contribution is 5.75. The minimum Gasteiger partial charge on any atom is -0.304 e. The Morgan fingerprint density at radius 3 is 2.70 bits per heavy atom. The van der Waals surface area contributed by atoms with E-state index in [0.29, 0.717) is 12.6 Å². The van der Waals surface area contributed by atoms with Crippen molar-refractivity contribution in [1.29, 1.82) is 0 Å². The first-order chi connectivity index (χ1) is 14.7. The van der Waals surface area contributed by atoms with Crippen molar-refractivity contribution in [3.63, 3.8) is 0 Å². The maximum Gasteiger partial charge on any atom is 0.269 e. The molecule has 1 fully saturated rings. The van der Waals surface area contributed by atoms with Crippen LogP contribution in [-0.2, 0) is 6.54 Å². The molecule has 0 saturated carbocycles. The van der Waals surface area contributed by atoms with Gasteiger partial charge in [0.1, 0.15) is 0 Å². The van der Waals surface area contributed by atoms with Gasteiger partial charge in [-0.25, -0.2) is 4.98 Å². The SMILES string of the molecule is Cc1ccc2ncc(=O)n(CCN3CCC(NCC#Cc4ccccc4)CC3)c2c1. The smallest absolute Gasteiger partial charge is 0.269 e. The number of nitrogens with zero attached hydrogens (tertiary/aromatic N) is 3. The lowest BCUT2D eigenvalue weighted by Crippen LogP contribution is -2.44. The highest BCUT2D eigenvalue weighted by atomic mass is 16.1. The molecule has 30 heavy (non-hydrogen) atoms. The monoisotopic (exact) mass is 400 g/mol. The standard InChI is InChI=1S/C25H28N4O/c1-20-9-10-23-24(18-20)29(25(30)19-27-23)17-16-28-14-11-22(12-15-28)26-13-5-8-21-6-3-2-4-7-21/h2-4,6-7,9-10,18-19,22,26H,11-17H2,1H3. The molecule has 154 valence electrons. The number of fused-ring (bicyclic) bond motifs is 1. The Balaban J connectivity index is 1.26. The van der Waals surface area contributed by atoms with Crippen molar-refractivity contribution >= 4 is 11.0 Å². The number of hydrogen-bond acceptors (Lipinski definition) is 4. The predicted octanol–water partition coefficient (Wildman–Crippen LogP) is 2.81. The third kappa shape index (κ3) is 5.15. The van der Waals surface area contributed by atoms with Crippen molar-refractivity contribution in [3.05, 3.63) is 76.2 Å². The average Bonchev–Trinajstić information content (AvgIpc) is 2.77. The van der Waals surface area contributed by atoms with Crippen LogP contribution in [0.15, 0.2) is 59.5 Å². The van der Waals surface area contributed by atoms with Crippen molar-refractivity contribution in [2.45, 2.75) is 32.4 Å². The van der Waals surface area contributed by atoms with Crippen molar-refractivity contribution in [1.82, 2.24) is 19.8 Å². The van der Waals surface area contributed by atoms with Gasteiger partial charge < -0.3 is 14.8 Å². The third-order valence-electron chi connectivity index (χ3n) is 5.71. The summed E-state index contributed by atoms with van der Waals surface area (Å²) in [7, 11) is 0. The highest BCUT2D eigenvalue weighted by Crippen LogP contribution is 2.13. The van der Waals surface area contributed by atoms with Crippen molar-refractivity contribution in [2.75, 3.05) is 26.2 Å². The molecule has 3 aromatic rings. The Kier molecular flexibility index (Phi) is 6.58. The molecule has 1 aliphatic heterocycles. The first-order valence-corrected chi connectivity index (χ1v) is 10.6. The molecule has 4 rings (SSSR count). The van der Waals surface area contributed by atoms with E-state index in [2.05, 4.69) is 33.1 Å². The molecule has 2 heterocycles. The molecule has 5 nitrogen and oxygen atoms in total. The molecule has 0 atom stereocenters. The fraction of sp³-hybridized carbons (Fsp3) is 0.360. The van der Waals surface area contributed by atoms with Gasteiger partial charge in [0.05, 0.1) is 23.8 Å². The van der Waals surface area contributed by atoms with E-state index >= 15 is 0 Å². The average molecular weight is 401 g/mol. The lowest BCUT2D eigenvalue weighted by Gasteiger charge is -2.32. The van der Waals surface area contributed by atoms with Crippen LogP contribution in [0.25, 0.3) is 11.0 Å². The molecule has 1 aliphatic rings. The van der Waals surface area contributed by atoms with Gasteiger partial charge in [0.15, 0.2) is 0 Å². The molecule has 2 aromatic carbocycles. The summed E-state index contributed by atoms with van der Waals surface area (Å²) in [6, 6.07) is 16.7. The molecule has 0 aliphatic carbocycles. The van der Waals surface area contributed by atoms with Crippen LogP contribution in [0.4, 0.5) is 0 Å². The molecule has 0 unspecified atom stereocenters. The summed E-state index contributed by atoms with van der Waals surface area (Å²) in [5.74, 6) is 6.41. The topological polar surface area (TPSA) is 50.2 Å². The van der Waals surface area contributed by atoms with Crippen LogP contribution >= 0.6 is 0 Å². The van der Waals surface area contributed by atoms with E-state index in [0.717, 1.165) is 61.2 Å². The van der Waals surface area contributed by atoms with Crippen LogP contribution in [0.3, 0.4) is 0 Å². The first kappa shape index (κ1) is 20.3. The van der Waals surface area contributed by atoms with E-state index in [-0.39, 0.29) is 5.56 Å². The summed E-state index contributed by atoms with van der Waals surface area (Å²) >= 11 is 0. The summed E-state index contributed by atoms with van der Waals surface area (Å²) in [5.41, 5.74) is 3.98. The van der Waals surface area contributed by atoms with Crippen LogP contribution in [0.1, 0.15) is 24.0 Å². The van der Waals surface area contributed by atoms with Gasteiger partial charge >= 0.3 is 0 Å². The van der Waals surface area contributed by atoms with E-state index in [1.54, 1.807) is 0 Å². The van der Waals surface area contributed by atoms with Crippen LogP contribution in [0.2, 0.25) is 0 Å². The molecule has 0 radical (unpaired) electrons. The van der Waals surface area contributed by atoms with Crippen LogP contribution in [-0.4, -0.2) is 46.7 Å².